The first-order chi connectivity index (χ1) is 15.7. The molecule has 4 aromatic rings. The van der Waals surface area contributed by atoms with Crippen LogP contribution in [0.1, 0.15) is 15.9 Å². The highest BCUT2D eigenvalue weighted by atomic mass is 32.3. The third-order valence-corrected chi connectivity index (χ3v) is 8.29. The molecule has 1 unspecified atom stereocenters. The smallest absolute Gasteiger partial charge is 0.257 e. The fraction of sp³-hybridized carbons (Fsp3) is 0.0833. The van der Waals surface area contributed by atoms with Crippen molar-refractivity contribution in [3.8, 4) is 0 Å². The highest BCUT2D eigenvalue weighted by Crippen LogP contribution is 2.57. The zero-order valence-electron chi connectivity index (χ0n) is 17.4. The number of nitrogens with one attached hydrogen (secondary N) is 1. The number of pyridine rings is 1. The minimum atomic E-state index is -2.25. The number of rotatable bonds is 5. The fourth-order valence-corrected chi connectivity index (χ4v) is 6.29. The molecule has 1 amide bonds. The molecule has 8 heteroatoms. The zero-order valence-corrected chi connectivity index (χ0v) is 18.2. The molecule has 0 bridgehead atoms. The molecular weight excluding hydrogens is 422 g/mol. The SMILES string of the molecule is COS1(Cn2ccc3ccccc32)C(NC(=O)c2ccccc2)=NN=C1c1ccncc1. The van der Waals surface area contributed by atoms with Crippen LogP contribution in [0, 0.1) is 0 Å². The van der Waals surface area contributed by atoms with Crippen LogP contribution in [0.5, 0.6) is 0 Å². The summed E-state index contributed by atoms with van der Waals surface area (Å²) in [6, 6.07) is 23.0. The van der Waals surface area contributed by atoms with Gasteiger partial charge in [-0.05, 0) is 52.1 Å². The third kappa shape index (κ3) is 3.49. The van der Waals surface area contributed by atoms with E-state index in [1.54, 1.807) is 31.6 Å². The number of amidine groups is 1. The van der Waals surface area contributed by atoms with Gasteiger partial charge in [-0.1, -0.05) is 36.4 Å². The second-order valence-electron chi connectivity index (χ2n) is 7.18. The Morgan fingerprint density at radius 1 is 0.969 bits per heavy atom. The van der Waals surface area contributed by atoms with Crippen LogP contribution in [0.15, 0.2) is 102 Å². The number of carbonyl (C=O) groups excluding carboxylic acids is 1. The average Bonchev–Trinajstić information content (AvgIpc) is 3.42. The molecule has 0 radical (unpaired) electrons. The quantitative estimate of drug-likeness (QED) is 0.492. The lowest BCUT2D eigenvalue weighted by Gasteiger charge is -2.36. The predicted octanol–water partition coefficient (Wildman–Crippen LogP) is 4.52. The Balaban J connectivity index is 1.56. The van der Waals surface area contributed by atoms with Crippen LogP contribution in [0.4, 0.5) is 0 Å². The topological polar surface area (TPSA) is 80.9 Å². The van der Waals surface area contributed by atoms with Crippen molar-refractivity contribution in [3.05, 3.63) is 103 Å². The molecule has 5 rings (SSSR count). The second kappa shape index (κ2) is 8.41. The molecular formula is C24H21N5O2S. The summed E-state index contributed by atoms with van der Waals surface area (Å²) in [5, 5.41) is 14.1. The van der Waals surface area contributed by atoms with Gasteiger partial charge < -0.3 is 8.75 Å². The minimum Gasteiger partial charge on any atom is -0.336 e. The Bertz CT molecular complexity index is 1330. The van der Waals surface area contributed by atoms with Gasteiger partial charge in [-0.3, -0.25) is 15.1 Å². The maximum atomic E-state index is 13.0. The highest BCUT2D eigenvalue weighted by Gasteiger charge is 2.43. The summed E-state index contributed by atoms with van der Waals surface area (Å²) in [7, 11) is -0.602. The molecule has 0 aliphatic carbocycles. The summed E-state index contributed by atoms with van der Waals surface area (Å²) in [4.78, 5) is 17.1. The molecule has 0 saturated heterocycles. The van der Waals surface area contributed by atoms with Crippen molar-refractivity contribution in [1.82, 2.24) is 14.9 Å². The van der Waals surface area contributed by atoms with Crippen LogP contribution in [0.3, 0.4) is 0 Å². The molecule has 160 valence electrons. The summed E-state index contributed by atoms with van der Waals surface area (Å²) in [5.41, 5.74) is 2.48. The largest absolute Gasteiger partial charge is 0.336 e. The first-order valence-electron chi connectivity index (χ1n) is 10.0. The van der Waals surface area contributed by atoms with Crippen molar-refractivity contribution in [2.75, 3.05) is 7.11 Å². The maximum absolute atomic E-state index is 13.0. The number of hydrogen-bond donors (Lipinski definition) is 1. The minimum absolute atomic E-state index is 0.248. The van der Waals surface area contributed by atoms with Gasteiger partial charge in [-0.25, -0.2) is 0 Å². The number of aromatic nitrogens is 2. The second-order valence-corrected chi connectivity index (χ2v) is 9.90. The molecule has 0 fully saturated rings. The van der Waals surface area contributed by atoms with Crippen LogP contribution in [0.2, 0.25) is 0 Å². The average molecular weight is 444 g/mol. The summed E-state index contributed by atoms with van der Waals surface area (Å²) in [6.45, 7) is 0. The van der Waals surface area contributed by atoms with Gasteiger partial charge in [0.15, 0.2) is 0 Å². The molecule has 0 spiro atoms. The van der Waals surface area contributed by atoms with Crippen LogP contribution >= 0.6 is 10.3 Å². The zero-order chi connectivity index (χ0) is 22.0. The Morgan fingerprint density at radius 3 is 2.50 bits per heavy atom. The lowest BCUT2D eigenvalue weighted by atomic mass is 10.2. The predicted molar refractivity (Wildman–Crippen MR) is 129 cm³/mol. The van der Waals surface area contributed by atoms with E-state index < -0.39 is 10.3 Å². The van der Waals surface area contributed by atoms with E-state index in [9.17, 15) is 4.79 Å². The molecule has 3 heterocycles. The van der Waals surface area contributed by atoms with E-state index in [-0.39, 0.29) is 5.91 Å². The van der Waals surface area contributed by atoms with E-state index in [4.69, 9.17) is 4.18 Å². The number of hydrogen-bond acceptors (Lipinski definition) is 5. The van der Waals surface area contributed by atoms with Gasteiger partial charge in [-0.2, -0.15) is 0 Å². The van der Waals surface area contributed by atoms with Gasteiger partial charge in [0.25, 0.3) is 5.91 Å². The highest BCUT2D eigenvalue weighted by molar-refractivity contribution is 8.52. The van der Waals surface area contributed by atoms with Crippen molar-refractivity contribution >= 4 is 37.3 Å². The van der Waals surface area contributed by atoms with E-state index in [0.717, 1.165) is 16.5 Å². The summed E-state index contributed by atoms with van der Waals surface area (Å²) in [5.74, 6) is 0.216. The number of carbonyl (C=O) groups is 1. The van der Waals surface area contributed by atoms with Crippen LogP contribution in [-0.4, -0.2) is 32.8 Å². The maximum Gasteiger partial charge on any atom is 0.257 e. The van der Waals surface area contributed by atoms with Gasteiger partial charge in [0.2, 0.25) is 5.17 Å². The molecule has 7 nitrogen and oxygen atoms in total. The number of nitrogens with zero attached hydrogens (tertiary/aromatic N) is 4. The van der Waals surface area contributed by atoms with Crippen molar-refractivity contribution < 1.29 is 8.98 Å². The fourth-order valence-electron chi connectivity index (χ4n) is 3.71. The molecule has 2 aromatic heterocycles. The molecule has 1 N–H and O–H groups in total. The van der Waals surface area contributed by atoms with Crippen LogP contribution in [-0.2, 0) is 10.1 Å². The Morgan fingerprint density at radius 2 is 1.72 bits per heavy atom. The standard InChI is InChI=1S/C24H21N5O2S/c1-31-32(17-29-16-13-18-7-5-6-10-21(18)29)23(20-11-14-25-15-12-20)27-28-24(32)26-22(30)19-8-3-2-4-9-19/h2-16H,17H2,1H3,(H,26,28,30). The molecule has 1 aliphatic heterocycles. The van der Waals surface area contributed by atoms with E-state index in [1.165, 1.54) is 0 Å². The van der Waals surface area contributed by atoms with E-state index in [2.05, 4.69) is 43.3 Å². The van der Waals surface area contributed by atoms with Gasteiger partial charge in [-0.15, -0.1) is 10.2 Å². The first-order valence-corrected chi connectivity index (χ1v) is 11.8. The molecule has 1 aliphatic rings. The van der Waals surface area contributed by atoms with Crippen LogP contribution in [0.25, 0.3) is 10.9 Å². The van der Waals surface area contributed by atoms with Gasteiger partial charge in [0.05, 0.1) is 5.88 Å². The summed E-state index contributed by atoms with van der Waals surface area (Å²) in [6.07, 6.45) is 5.45. The molecule has 2 aromatic carbocycles. The third-order valence-electron chi connectivity index (χ3n) is 5.33. The molecule has 1 atom stereocenters. The van der Waals surface area contributed by atoms with Gasteiger partial charge in [0.1, 0.15) is 5.04 Å². The molecule has 32 heavy (non-hydrogen) atoms. The van der Waals surface area contributed by atoms with E-state index in [1.807, 2.05) is 48.7 Å². The van der Waals surface area contributed by atoms with Crippen molar-refractivity contribution in [1.29, 1.82) is 0 Å². The summed E-state index contributed by atoms with van der Waals surface area (Å²) < 4.78 is 8.33. The van der Waals surface area contributed by atoms with Crippen LogP contribution < -0.4 is 5.32 Å². The number of benzene rings is 2. The monoisotopic (exact) mass is 443 g/mol. The van der Waals surface area contributed by atoms with Crippen molar-refractivity contribution in [2.45, 2.75) is 5.88 Å². The van der Waals surface area contributed by atoms with Gasteiger partial charge >= 0.3 is 0 Å². The lowest BCUT2D eigenvalue weighted by Crippen LogP contribution is -2.37. The Labute approximate surface area is 187 Å². The first kappa shape index (κ1) is 20.2. The van der Waals surface area contributed by atoms with Crippen molar-refractivity contribution in [2.24, 2.45) is 10.2 Å². The Kier molecular flexibility index (Phi) is 5.30. The molecule has 0 saturated carbocycles. The van der Waals surface area contributed by atoms with E-state index >= 15 is 0 Å². The lowest BCUT2D eigenvalue weighted by molar-refractivity contribution is 0.0977. The van der Waals surface area contributed by atoms with Gasteiger partial charge in [0, 0.05) is 42.3 Å². The Hall–Kier alpha value is -3.75. The number of para-hydroxylation sites is 1. The summed E-state index contributed by atoms with van der Waals surface area (Å²) >= 11 is 0. The van der Waals surface area contributed by atoms with Crippen molar-refractivity contribution in [3.63, 3.8) is 0 Å². The normalized spacial score (nSPS) is 19.8. The van der Waals surface area contributed by atoms with E-state index in [0.29, 0.717) is 21.7 Å². The number of amides is 1. The number of fused-ring (bicyclic) bond motifs is 1.